The van der Waals surface area contributed by atoms with Crippen LogP contribution in [0.1, 0.15) is 33.1 Å². The summed E-state index contributed by atoms with van der Waals surface area (Å²) in [6.07, 6.45) is 4.22. The highest BCUT2D eigenvalue weighted by Crippen LogP contribution is 2.14. The van der Waals surface area contributed by atoms with Gasteiger partial charge in [-0.25, -0.2) is 0 Å². The van der Waals surface area contributed by atoms with Crippen molar-refractivity contribution in [1.29, 1.82) is 0 Å². The van der Waals surface area contributed by atoms with Crippen LogP contribution in [0.4, 0.5) is 0 Å². The summed E-state index contributed by atoms with van der Waals surface area (Å²) in [6.45, 7) is 4.15. The van der Waals surface area contributed by atoms with E-state index in [0.717, 1.165) is 19.1 Å². The van der Waals surface area contributed by atoms with Crippen LogP contribution in [0.15, 0.2) is 0 Å². The summed E-state index contributed by atoms with van der Waals surface area (Å²) in [6, 6.07) is 0. The fraction of sp³-hybridized carbons (Fsp3) is 0.875. The zero-order valence-corrected chi connectivity index (χ0v) is 7.40. The Morgan fingerprint density at radius 3 is 2.60 bits per heavy atom. The Labute approximate surface area is 67.8 Å². The Balaban J connectivity index is 3.40. The summed E-state index contributed by atoms with van der Waals surface area (Å²) < 4.78 is 0. The van der Waals surface area contributed by atoms with E-state index in [4.69, 9.17) is 11.6 Å². The lowest BCUT2D eigenvalue weighted by atomic mass is 10.0. The third-order valence-electron chi connectivity index (χ3n) is 1.69. The molecule has 0 fully saturated rings. The van der Waals surface area contributed by atoms with E-state index in [0.29, 0.717) is 5.92 Å². The van der Waals surface area contributed by atoms with Crippen LogP contribution in [-0.2, 0) is 4.79 Å². The smallest absolute Gasteiger partial charge is 0.138 e. The monoisotopic (exact) mass is 162 g/mol. The van der Waals surface area contributed by atoms with E-state index in [1.807, 2.05) is 6.92 Å². The molecule has 0 radical (unpaired) electrons. The number of unbranched alkanes of at least 4 members (excludes halogenated alkanes) is 1. The molecule has 0 aliphatic rings. The molecule has 0 N–H and O–H groups in total. The van der Waals surface area contributed by atoms with Gasteiger partial charge in [-0.05, 0) is 12.3 Å². The highest BCUT2D eigenvalue weighted by molar-refractivity contribution is 6.27. The molecule has 60 valence electrons. The maximum Gasteiger partial charge on any atom is 0.138 e. The van der Waals surface area contributed by atoms with Crippen molar-refractivity contribution in [3.05, 3.63) is 0 Å². The molecule has 0 heterocycles. The van der Waals surface area contributed by atoms with Crippen molar-refractivity contribution in [3.8, 4) is 0 Å². The minimum Gasteiger partial charge on any atom is -0.302 e. The molecule has 10 heavy (non-hydrogen) atoms. The van der Waals surface area contributed by atoms with E-state index < -0.39 is 0 Å². The Kier molecular flexibility index (Phi) is 5.70. The lowest BCUT2D eigenvalue weighted by Crippen LogP contribution is -2.12. The number of aldehydes is 1. The molecular formula is C8H15ClO. The Hall–Kier alpha value is -0.0400. The van der Waals surface area contributed by atoms with Crippen molar-refractivity contribution in [2.45, 2.75) is 38.5 Å². The van der Waals surface area contributed by atoms with Crippen LogP contribution in [0.2, 0.25) is 0 Å². The third-order valence-corrected chi connectivity index (χ3v) is 2.22. The second-order valence-electron chi connectivity index (χ2n) is 2.70. The predicted molar refractivity (Wildman–Crippen MR) is 44.4 cm³/mol. The molecule has 2 unspecified atom stereocenters. The third kappa shape index (κ3) is 3.89. The SMILES string of the molecule is CCCCC(C)C(Cl)C=O. The van der Waals surface area contributed by atoms with Crippen molar-refractivity contribution in [3.63, 3.8) is 0 Å². The van der Waals surface area contributed by atoms with Crippen LogP contribution in [0.5, 0.6) is 0 Å². The molecule has 0 saturated heterocycles. The van der Waals surface area contributed by atoms with E-state index in [1.165, 1.54) is 6.42 Å². The van der Waals surface area contributed by atoms with E-state index in [9.17, 15) is 4.79 Å². The average molecular weight is 163 g/mol. The number of hydrogen-bond donors (Lipinski definition) is 0. The van der Waals surface area contributed by atoms with Gasteiger partial charge in [0.2, 0.25) is 0 Å². The van der Waals surface area contributed by atoms with Gasteiger partial charge in [-0.3, -0.25) is 0 Å². The minimum atomic E-state index is -0.286. The molecule has 2 atom stereocenters. The van der Waals surface area contributed by atoms with Gasteiger partial charge < -0.3 is 4.79 Å². The van der Waals surface area contributed by atoms with Crippen LogP contribution < -0.4 is 0 Å². The van der Waals surface area contributed by atoms with Crippen LogP contribution in [0.25, 0.3) is 0 Å². The van der Waals surface area contributed by atoms with E-state index in [2.05, 4.69) is 6.92 Å². The van der Waals surface area contributed by atoms with Gasteiger partial charge in [0, 0.05) is 0 Å². The number of halogens is 1. The van der Waals surface area contributed by atoms with Crippen molar-refractivity contribution in [1.82, 2.24) is 0 Å². The Morgan fingerprint density at radius 2 is 2.20 bits per heavy atom. The molecule has 0 aliphatic carbocycles. The lowest BCUT2D eigenvalue weighted by molar-refractivity contribution is -0.108. The molecule has 0 spiro atoms. The first-order chi connectivity index (χ1) is 4.72. The topological polar surface area (TPSA) is 17.1 Å². The van der Waals surface area contributed by atoms with Gasteiger partial charge in [0.1, 0.15) is 6.29 Å². The van der Waals surface area contributed by atoms with Gasteiger partial charge in [-0.15, -0.1) is 11.6 Å². The predicted octanol–water partition coefficient (Wildman–Crippen LogP) is 2.62. The summed E-state index contributed by atoms with van der Waals surface area (Å²) >= 11 is 5.68. The van der Waals surface area contributed by atoms with Gasteiger partial charge >= 0.3 is 0 Å². The van der Waals surface area contributed by atoms with Crippen molar-refractivity contribution in [2.75, 3.05) is 0 Å². The van der Waals surface area contributed by atoms with Gasteiger partial charge in [0.05, 0.1) is 5.38 Å². The highest BCUT2D eigenvalue weighted by atomic mass is 35.5. The van der Waals surface area contributed by atoms with Gasteiger partial charge in [0.15, 0.2) is 0 Å². The molecule has 0 amide bonds. The zero-order chi connectivity index (χ0) is 7.98. The molecule has 1 nitrogen and oxygen atoms in total. The fourth-order valence-electron chi connectivity index (χ4n) is 0.819. The molecule has 2 heteroatoms. The van der Waals surface area contributed by atoms with Crippen LogP contribution in [0, 0.1) is 5.92 Å². The summed E-state index contributed by atoms with van der Waals surface area (Å²) in [5.41, 5.74) is 0. The first-order valence-corrected chi connectivity index (χ1v) is 4.25. The van der Waals surface area contributed by atoms with Crippen LogP contribution in [0.3, 0.4) is 0 Å². The summed E-state index contributed by atoms with van der Waals surface area (Å²) in [7, 11) is 0. The molecule has 0 aliphatic heterocycles. The molecule has 0 aromatic heterocycles. The second kappa shape index (κ2) is 5.72. The number of carbonyl (C=O) groups is 1. The zero-order valence-electron chi connectivity index (χ0n) is 6.64. The van der Waals surface area contributed by atoms with E-state index in [-0.39, 0.29) is 5.38 Å². The standard InChI is InChI=1S/C8H15ClO/c1-3-4-5-7(2)8(9)6-10/h6-8H,3-5H2,1-2H3. The fourth-order valence-corrected chi connectivity index (χ4v) is 0.945. The minimum absolute atomic E-state index is 0.286. The van der Waals surface area contributed by atoms with Crippen molar-refractivity contribution in [2.24, 2.45) is 5.92 Å². The maximum atomic E-state index is 10.2. The van der Waals surface area contributed by atoms with Crippen LogP contribution >= 0.6 is 11.6 Å². The van der Waals surface area contributed by atoms with Gasteiger partial charge in [0.25, 0.3) is 0 Å². The highest BCUT2D eigenvalue weighted by Gasteiger charge is 2.11. The molecule has 0 bridgehead atoms. The van der Waals surface area contributed by atoms with Crippen molar-refractivity contribution >= 4 is 17.9 Å². The summed E-state index contributed by atoms with van der Waals surface area (Å²) in [4.78, 5) is 10.2. The molecule has 0 rings (SSSR count). The Bertz CT molecular complexity index is 93.3. The number of hydrogen-bond acceptors (Lipinski definition) is 1. The second-order valence-corrected chi connectivity index (χ2v) is 3.20. The lowest BCUT2D eigenvalue weighted by Gasteiger charge is -2.10. The van der Waals surface area contributed by atoms with Gasteiger partial charge in [-0.2, -0.15) is 0 Å². The molecule has 0 aromatic rings. The normalized spacial score (nSPS) is 16.3. The molecule has 0 aromatic carbocycles. The number of rotatable bonds is 5. The first-order valence-electron chi connectivity index (χ1n) is 3.81. The number of carbonyl (C=O) groups excluding carboxylic acids is 1. The van der Waals surface area contributed by atoms with E-state index in [1.54, 1.807) is 0 Å². The first kappa shape index (κ1) is 9.96. The molecular weight excluding hydrogens is 148 g/mol. The summed E-state index contributed by atoms with van der Waals surface area (Å²) in [5.74, 6) is 0.333. The van der Waals surface area contributed by atoms with Crippen LogP contribution in [-0.4, -0.2) is 11.7 Å². The maximum absolute atomic E-state index is 10.2. The Morgan fingerprint density at radius 1 is 1.60 bits per heavy atom. The number of alkyl halides is 1. The average Bonchev–Trinajstić information content (AvgIpc) is 1.98. The van der Waals surface area contributed by atoms with E-state index >= 15 is 0 Å². The quantitative estimate of drug-likeness (QED) is 0.449. The largest absolute Gasteiger partial charge is 0.302 e. The summed E-state index contributed by atoms with van der Waals surface area (Å²) in [5, 5.41) is -0.286. The van der Waals surface area contributed by atoms with Gasteiger partial charge in [-0.1, -0.05) is 26.7 Å². The molecule has 0 saturated carbocycles. The van der Waals surface area contributed by atoms with Crippen molar-refractivity contribution < 1.29 is 4.79 Å².